The molecule has 4 rings (SSSR count). The number of morpholine rings is 1. The van der Waals surface area contributed by atoms with Crippen molar-refractivity contribution >= 4 is 0 Å². The van der Waals surface area contributed by atoms with E-state index in [-0.39, 0.29) is 5.60 Å². The molecule has 1 aliphatic heterocycles. The van der Waals surface area contributed by atoms with Gasteiger partial charge in [0, 0.05) is 32.3 Å². The molecule has 128 valence electrons. The van der Waals surface area contributed by atoms with Crippen molar-refractivity contribution in [3.8, 4) is 11.5 Å². The molecule has 2 fully saturated rings. The third kappa shape index (κ3) is 2.97. The molecule has 24 heavy (non-hydrogen) atoms. The van der Waals surface area contributed by atoms with Gasteiger partial charge in [-0.25, -0.2) is 0 Å². The molecule has 1 saturated carbocycles. The van der Waals surface area contributed by atoms with Crippen molar-refractivity contribution in [2.45, 2.75) is 31.4 Å². The highest BCUT2D eigenvalue weighted by Crippen LogP contribution is 2.43. The highest BCUT2D eigenvalue weighted by Gasteiger charge is 2.43. The van der Waals surface area contributed by atoms with Crippen molar-refractivity contribution in [3.63, 3.8) is 0 Å². The minimum absolute atomic E-state index is 0.335. The number of methoxy groups -OCH3 is 1. The summed E-state index contributed by atoms with van der Waals surface area (Å²) in [6, 6.07) is 8.36. The molecule has 6 nitrogen and oxygen atoms in total. The van der Waals surface area contributed by atoms with Crippen LogP contribution in [0, 0.1) is 0 Å². The average molecular weight is 329 g/mol. The van der Waals surface area contributed by atoms with E-state index in [2.05, 4.69) is 27.2 Å². The molecule has 2 aromatic rings. The average Bonchev–Trinajstić information content (AvgIpc) is 3.06. The van der Waals surface area contributed by atoms with Gasteiger partial charge in [-0.3, -0.25) is 4.90 Å². The van der Waals surface area contributed by atoms with Crippen molar-refractivity contribution in [3.05, 3.63) is 35.7 Å². The third-order valence-corrected chi connectivity index (χ3v) is 5.10. The highest BCUT2D eigenvalue weighted by atomic mass is 16.5. The Hall–Kier alpha value is -1.76. The molecule has 1 aliphatic carbocycles. The lowest BCUT2D eigenvalue weighted by Gasteiger charge is -2.37. The quantitative estimate of drug-likeness (QED) is 0.840. The molecular formula is C18H23N3O3. The largest absolute Gasteiger partial charge is 0.379 e. The van der Waals surface area contributed by atoms with E-state index in [0.717, 1.165) is 57.7 Å². The molecule has 1 aromatic heterocycles. The first-order valence-electron chi connectivity index (χ1n) is 8.58. The Morgan fingerprint density at radius 2 is 1.92 bits per heavy atom. The Morgan fingerprint density at radius 1 is 1.17 bits per heavy atom. The van der Waals surface area contributed by atoms with Crippen molar-refractivity contribution in [1.82, 2.24) is 15.0 Å². The molecule has 0 spiro atoms. The first-order chi connectivity index (χ1) is 11.8. The van der Waals surface area contributed by atoms with E-state index in [9.17, 15) is 0 Å². The zero-order chi connectivity index (χ0) is 16.4. The van der Waals surface area contributed by atoms with Crippen LogP contribution in [0.3, 0.4) is 0 Å². The van der Waals surface area contributed by atoms with Crippen LogP contribution in [-0.2, 0) is 21.6 Å². The van der Waals surface area contributed by atoms with Gasteiger partial charge in [0.1, 0.15) is 5.60 Å². The summed E-state index contributed by atoms with van der Waals surface area (Å²) in [6.45, 7) is 4.58. The summed E-state index contributed by atoms with van der Waals surface area (Å²) < 4.78 is 16.5. The number of nitrogens with zero attached hydrogens (tertiary/aromatic N) is 3. The van der Waals surface area contributed by atoms with Crippen LogP contribution in [0.1, 0.15) is 30.7 Å². The number of rotatable bonds is 5. The van der Waals surface area contributed by atoms with E-state index in [1.807, 2.05) is 12.1 Å². The molecule has 0 atom stereocenters. The van der Waals surface area contributed by atoms with E-state index in [0.29, 0.717) is 11.7 Å². The molecule has 6 heteroatoms. The lowest BCUT2D eigenvalue weighted by atomic mass is 9.79. The molecule has 1 aromatic carbocycles. The number of hydrogen-bond acceptors (Lipinski definition) is 6. The van der Waals surface area contributed by atoms with E-state index in [1.165, 1.54) is 5.56 Å². The van der Waals surface area contributed by atoms with Crippen LogP contribution >= 0.6 is 0 Å². The normalized spacial score (nSPS) is 20.7. The zero-order valence-electron chi connectivity index (χ0n) is 14.0. The molecule has 1 saturated heterocycles. The Kier molecular flexibility index (Phi) is 4.35. The maximum absolute atomic E-state index is 5.61. The summed E-state index contributed by atoms with van der Waals surface area (Å²) in [5.41, 5.74) is 1.90. The first kappa shape index (κ1) is 15.7. The predicted octanol–water partition coefficient (Wildman–Crippen LogP) is 2.59. The van der Waals surface area contributed by atoms with Gasteiger partial charge < -0.3 is 14.0 Å². The zero-order valence-corrected chi connectivity index (χ0v) is 14.0. The lowest BCUT2D eigenvalue weighted by molar-refractivity contribution is -0.0858. The van der Waals surface area contributed by atoms with Gasteiger partial charge >= 0.3 is 0 Å². The number of benzene rings is 1. The maximum Gasteiger partial charge on any atom is 0.258 e. The van der Waals surface area contributed by atoms with Gasteiger partial charge in [0.2, 0.25) is 5.82 Å². The molecule has 0 radical (unpaired) electrons. The van der Waals surface area contributed by atoms with Crippen LogP contribution in [-0.4, -0.2) is 48.5 Å². The van der Waals surface area contributed by atoms with Gasteiger partial charge in [-0.15, -0.1) is 0 Å². The lowest BCUT2D eigenvalue weighted by Crippen LogP contribution is -2.37. The van der Waals surface area contributed by atoms with Crippen LogP contribution in [0.4, 0.5) is 0 Å². The fourth-order valence-electron chi connectivity index (χ4n) is 3.31. The molecular weight excluding hydrogens is 306 g/mol. The second-order valence-corrected chi connectivity index (χ2v) is 6.56. The SMILES string of the molecule is COC1(c2noc(-c3ccc(CN4CCOCC4)cc3)n2)CCC1. The molecule has 0 bridgehead atoms. The van der Waals surface area contributed by atoms with Crippen molar-refractivity contribution in [2.75, 3.05) is 33.4 Å². The Balaban J connectivity index is 1.46. The summed E-state index contributed by atoms with van der Waals surface area (Å²) in [7, 11) is 1.72. The smallest absolute Gasteiger partial charge is 0.258 e. The van der Waals surface area contributed by atoms with Gasteiger partial charge in [-0.05, 0) is 37.0 Å². The fraction of sp³-hybridized carbons (Fsp3) is 0.556. The van der Waals surface area contributed by atoms with Crippen LogP contribution in [0.15, 0.2) is 28.8 Å². The predicted molar refractivity (Wildman–Crippen MR) is 88.4 cm³/mol. The second-order valence-electron chi connectivity index (χ2n) is 6.56. The Labute approximate surface area is 141 Å². The maximum atomic E-state index is 5.61. The summed E-state index contributed by atoms with van der Waals surface area (Å²) in [6.07, 6.45) is 3.07. The number of hydrogen-bond donors (Lipinski definition) is 0. The summed E-state index contributed by atoms with van der Waals surface area (Å²) >= 11 is 0. The van der Waals surface area contributed by atoms with Crippen LogP contribution in [0.5, 0.6) is 0 Å². The van der Waals surface area contributed by atoms with Gasteiger partial charge in [-0.2, -0.15) is 4.98 Å². The summed E-state index contributed by atoms with van der Waals surface area (Å²) in [5, 5.41) is 4.14. The van der Waals surface area contributed by atoms with E-state index in [4.69, 9.17) is 14.0 Å². The van der Waals surface area contributed by atoms with Crippen LogP contribution in [0.25, 0.3) is 11.5 Å². The Bertz CT molecular complexity index is 668. The third-order valence-electron chi connectivity index (χ3n) is 5.10. The minimum atomic E-state index is -0.335. The first-order valence-corrected chi connectivity index (χ1v) is 8.58. The molecule has 0 amide bonds. The van der Waals surface area contributed by atoms with E-state index >= 15 is 0 Å². The fourth-order valence-corrected chi connectivity index (χ4v) is 3.31. The van der Waals surface area contributed by atoms with Gasteiger partial charge in [-0.1, -0.05) is 17.3 Å². The standard InChI is InChI=1S/C18H23N3O3/c1-22-18(7-2-8-18)17-19-16(24-20-17)15-5-3-14(4-6-15)13-21-9-11-23-12-10-21/h3-6H,2,7-13H2,1H3. The molecule has 2 heterocycles. The van der Waals surface area contributed by atoms with E-state index < -0.39 is 0 Å². The molecule has 2 aliphatic rings. The van der Waals surface area contributed by atoms with Crippen molar-refractivity contribution in [2.24, 2.45) is 0 Å². The highest BCUT2D eigenvalue weighted by molar-refractivity contribution is 5.53. The summed E-state index contributed by atoms with van der Waals surface area (Å²) in [5.74, 6) is 1.23. The van der Waals surface area contributed by atoms with E-state index in [1.54, 1.807) is 7.11 Å². The van der Waals surface area contributed by atoms with Crippen LogP contribution < -0.4 is 0 Å². The topological polar surface area (TPSA) is 60.6 Å². The van der Waals surface area contributed by atoms with Gasteiger partial charge in [0.25, 0.3) is 5.89 Å². The summed E-state index contributed by atoms with van der Waals surface area (Å²) in [4.78, 5) is 6.97. The van der Waals surface area contributed by atoms with Gasteiger partial charge in [0.05, 0.1) is 13.2 Å². The number of aromatic nitrogens is 2. The van der Waals surface area contributed by atoms with Crippen molar-refractivity contribution in [1.29, 1.82) is 0 Å². The van der Waals surface area contributed by atoms with Gasteiger partial charge in [0.15, 0.2) is 0 Å². The monoisotopic (exact) mass is 329 g/mol. The molecule has 0 unspecified atom stereocenters. The molecule has 0 N–H and O–H groups in total. The minimum Gasteiger partial charge on any atom is -0.379 e. The second kappa shape index (κ2) is 6.63. The Morgan fingerprint density at radius 3 is 2.54 bits per heavy atom. The van der Waals surface area contributed by atoms with Crippen molar-refractivity contribution < 1.29 is 14.0 Å². The number of ether oxygens (including phenoxy) is 2. The van der Waals surface area contributed by atoms with Crippen LogP contribution in [0.2, 0.25) is 0 Å².